The van der Waals surface area contributed by atoms with E-state index in [1.807, 2.05) is 29.2 Å². The SMILES string of the molecule is COc1ccc(CC(=O)N2CCn3c(nnc3[C@H]3CCCN3C)C2)cc1. The van der Waals surface area contributed by atoms with E-state index in [4.69, 9.17) is 4.74 Å². The van der Waals surface area contributed by atoms with Crippen LogP contribution in [0.15, 0.2) is 24.3 Å². The van der Waals surface area contributed by atoms with Crippen molar-refractivity contribution >= 4 is 5.91 Å². The maximum atomic E-state index is 12.7. The van der Waals surface area contributed by atoms with E-state index in [-0.39, 0.29) is 5.91 Å². The van der Waals surface area contributed by atoms with Crippen LogP contribution in [0.3, 0.4) is 0 Å². The van der Waals surface area contributed by atoms with Gasteiger partial charge in [-0.3, -0.25) is 9.69 Å². The highest BCUT2D eigenvalue weighted by Crippen LogP contribution is 2.30. The summed E-state index contributed by atoms with van der Waals surface area (Å²) in [7, 11) is 3.79. The van der Waals surface area contributed by atoms with Gasteiger partial charge < -0.3 is 14.2 Å². The summed E-state index contributed by atoms with van der Waals surface area (Å²) in [6, 6.07) is 8.02. The Hall–Kier alpha value is -2.41. The van der Waals surface area contributed by atoms with Crippen LogP contribution in [0.5, 0.6) is 5.75 Å². The number of amides is 1. The number of benzene rings is 1. The van der Waals surface area contributed by atoms with Gasteiger partial charge in [0.15, 0.2) is 11.6 Å². The number of carbonyl (C=O) groups is 1. The zero-order chi connectivity index (χ0) is 18.1. The third-order valence-electron chi connectivity index (χ3n) is 5.47. The van der Waals surface area contributed by atoms with Crippen LogP contribution in [-0.4, -0.2) is 57.7 Å². The van der Waals surface area contributed by atoms with Crippen LogP contribution in [0, 0.1) is 0 Å². The molecule has 1 atom stereocenters. The smallest absolute Gasteiger partial charge is 0.227 e. The van der Waals surface area contributed by atoms with Crippen LogP contribution in [0.1, 0.15) is 36.1 Å². The monoisotopic (exact) mass is 355 g/mol. The molecule has 0 radical (unpaired) electrons. The van der Waals surface area contributed by atoms with Crippen LogP contribution in [0.2, 0.25) is 0 Å². The molecule has 1 saturated heterocycles. The van der Waals surface area contributed by atoms with Crippen molar-refractivity contribution in [1.29, 1.82) is 0 Å². The fourth-order valence-corrected chi connectivity index (χ4v) is 3.91. The lowest BCUT2D eigenvalue weighted by atomic mass is 10.1. The quantitative estimate of drug-likeness (QED) is 0.834. The van der Waals surface area contributed by atoms with Crippen molar-refractivity contribution in [3.63, 3.8) is 0 Å². The van der Waals surface area contributed by atoms with Crippen molar-refractivity contribution in [3.05, 3.63) is 41.5 Å². The van der Waals surface area contributed by atoms with Gasteiger partial charge in [0.2, 0.25) is 5.91 Å². The highest BCUT2D eigenvalue weighted by molar-refractivity contribution is 5.78. The molecule has 1 fully saturated rings. The van der Waals surface area contributed by atoms with E-state index >= 15 is 0 Å². The van der Waals surface area contributed by atoms with Crippen LogP contribution >= 0.6 is 0 Å². The third-order valence-corrected chi connectivity index (χ3v) is 5.47. The Bertz CT molecular complexity index is 786. The maximum absolute atomic E-state index is 12.7. The van der Waals surface area contributed by atoms with Gasteiger partial charge in [0, 0.05) is 13.1 Å². The first-order chi connectivity index (χ1) is 12.7. The fraction of sp³-hybridized carbons (Fsp3) is 0.526. The number of methoxy groups -OCH3 is 1. The molecular formula is C19H25N5O2. The topological polar surface area (TPSA) is 63.5 Å². The van der Waals surface area contributed by atoms with E-state index in [0.717, 1.165) is 42.5 Å². The Labute approximate surface area is 153 Å². The predicted molar refractivity (Wildman–Crippen MR) is 96.7 cm³/mol. The van der Waals surface area contributed by atoms with Gasteiger partial charge in [-0.05, 0) is 44.1 Å². The normalized spacial score (nSPS) is 20.2. The van der Waals surface area contributed by atoms with Crippen molar-refractivity contribution < 1.29 is 9.53 Å². The molecule has 3 heterocycles. The zero-order valence-corrected chi connectivity index (χ0v) is 15.4. The number of aromatic nitrogens is 3. The number of hydrogen-bond acceptors (Lipinski definition) is 5. The summed E-state index contributed by atoms with van der Waals surface area (Å²) in [6.07, 6.45) is 2.74. The molecule has 0 spiro atoms. The molecule has 1 amide bonds. The summed E-state index contributed by atoms with van der Waals surface area (Å²) in [4.78, 5) is 16.9. The lowest BCUT2D eigenvalue weighted by Gasteiger charge is -2.29. The lowest BCUT2D eigenvalue weighted by molar-refractivity contribution is -0.132. The number of fused-ring (bicyclic) bond motifs is 1. The summed E-state index contributed by atoms with van der Waals surface area (Å²) >= 11 is 0. The highest BCUT2D eigenvalue weighted by atomic mass is 16.5. The Kier molecular flexibility index (Phi) is 4.63. The van der Waals surface area contributed by atoms with Crippen molar-refractivity contribution in [1.82, 2.24) is 24.6 Å². The van der Waals surface area contributed by atoms with Crippen molar-refractivity contribution in [2.75, 3.05) is 27.2 Å². The predicted octanol–water partition coefficient (Wildman–Crippen LogP) is 1.64. The first-order valence-corrected chi connectivity index (χ1v) is 9.18. The largest absolute Gasteiger partial charge is 0.497 e. The summed E-state index contributed by atoms with van der Waals surface area (Å²) in [5, 5.41) is 8.82. The minimum absolute atomic E-state index is 0.129. The molecule has 4 rings (SSSR count). The number of likely N-dealkylation sites (tertiary alicyclic amines) is 1. The van der Waals surface area contributed by atoms with Crippen molar-refractivity contribution in [2.45, 2.75) is 38.4 Å². The van der Waals surface area contributed by atoms with E-state index in [0.29, 0.717) is 25.6 Å². The van der Waals surface area contributed by atoms with Crippen LogP contribution < -0.4 is 4.74 Å². The molecule has 0 bridgehead atoms. The summed E-state index contributed by atoms with van der Waals surface area (Å²) in [5.74, 6) is 2.89. The second-order valence-corrected chi connectivity index (χ2v) is 7.10. The molecule has 1 aromatic carbocycles. The minimum atomic E-state index is 0.129. The van der Waals surface area contributed by atoms with Crippen LogP contribution in [0.25, 0.3) is 0 Å². The van der Waals surface area contributed by atoms with E-state index in [1.54, 1.807) is 7.11 Å². The lowest BCUT2D eigenvalue weighted by Crippen LogP contribution is -2.40. The van der Waals surface area contributed by atoms with Gasteiger partial charge in [0.25, 0.3) is 0 Å². The van der Waals surface area contributed by atoms with Gasteiger partial charge in [0.05, 0.1) is 26.1 Å². The highest BCUT2D eigenvalue weighted by Gasteiger charge is 2.31. The molecule has 1 aromatic heterocycles. The van der Waals surface area contributed by atoms with Gasteiger partial charge in [-0.1, -0.05) is 12.1 Å². The summed E-state index contributed by atoms with van der Waals surface area (Å²) < 4.78 is 7.38. The molecule has 0 N–H and O–H groups in total. The number of rotatable bonds is 4. The van der Waals surface area contributed by atoms with Gasteiger partial charge in [-0.2, -0.15) is 0 Å². The molecule has 0 saturated carbocycles. The fourth-order valence-electron chi connectivity index (χ4n) is 3.91. The Morgan fingerprint density at radius 3 is 2.69 bits per heavy atom. The molecule has 2 aliphatic heterocycles. The first-order valence-electron chi connectivity index (χ1n) is 9.18. The van der Waals surface area contributed by atoms with Crippen LogP contribution in [-0.2, 0) is 24.3 Å². The van der Waals surface area contributed by atoms with E-state index in [9.17, 15) is 4.79 Å². The second-order valence-electron chi connectivity index (χ2n) is 7.10. The Balaban J connectivity index is 1.43. The molecule has 0 aliphatic carbocycles. The average molecular weight is 355 g/mol. The first kappa shape index (κ1) is 17.0. The third kappa shape index (κ3) is 3.19. The van der Waals surface area contributed by atoms with Gasteiger partial charge in [0.1, 0.15) is 5.75 Å². The molecule has 2 aliphatic rings. The van der Waals surface area contributed by atoms with Gasteiger partial charge in [-0.25, -0.2) is 0 Å². The Morgan fingerprint density at radius 1 is 1.19 bits per heavy atom. The zero-order valence-electron chi connectivity index (χ0n) is 15.4. The average Bonchev–Trinajstić information content (AvgIpc) is 3.27. The van der Waals surface area contributed by atoms with E-state index in [2.05, 4.69) is 26.7 Å². The maximum Gasteiger partial charge on any atom is 0.227 e. The van der Waals surface area contributed by atoms with Crippen molar-refractivity contribution in [2.24, 2.45) is 0 Å². The van der Waals surface area contributed by atoms with Gasteiger partial charge in [-0.15, -0.1) is 10.2 Å². The minimum Gasteiger partial charge on any atom is -0.497 e. The number of ether oxygens (including phenoxy) is 1. The second kappa shape index (κ2) is 7.07. The number of hydrogen-bond donors (Lipinski definition) is 0. The van der Waals surface area contributed by atoms with Crippen molar-refractivity contribution in [3.8, 4) is 5.75 Å². The summed E-state index contributed by atoms with van der Waals surface area (Å²) in [6.45, 7) is 3.14. The van der Waals surface area contributed by atoms with E-state index in [1.165, 1.54) is 6.42 Å². The molecular weight excluding hydrogens is 330 g/mol. The summed E-state index contributed by atoms with van der Waals surface area (Å²) in [5.41, 5.74) is 0.996. The van der Waals surface area contributed by atoms with E-state index < -0.39 is 0 Å². The molecule has 26 heavy (non-hydrogen) atoms. The molecule has 2 aromatic rings. The Morgan fingerprint density at radius 2 is 2.00 bits per heavy atom. The molecule has 138 valence electrons. The standard InChI is InChI=1S/C19H25N5O2/c1-22-9-3-4-16(22)19-21-20-17-13-23(10-11-24(17)19)18(25)12-14-5-7-15(26-2)8-6-14/h5-8,16H,3-4,9-13H2,1-2H3/t16-/m1/s1. The molecule has 0 unspecified atom stereocenters. The molecule has 7 heteroatoms. The molecule has 7 nitrogen and oxygen atoms in total. The van der Waals surface area contributed by atoms with Gasteiger partial charge >= 0.3 is 0 Å². The van der Waals surface area contributed by atoms with Crippen LogP contribution in [0.4, 0.5) is 0 Å². The number of nitrogens with zero attached hydrogens (tertiary/aromatic N) is 5. The number of carbonyl (C=O) groups excluding carboxylic acids is 1.